The largest absolute Gasteiger partial charge is 0.573 e. The van der Waals surface area contributed by atoms with E-state index in [1.165, 1.54) is 29.5 Å². The number of thiazole rings is 1. The van der Waals surface area contributed by atoms with Gasteiger partial charge in [-0.15, -0.1) is 13.2 Å². The maximum Gasteiger partial charge on any atom is 0.573 e. The number of nitrogens with zero attached hydrogens (tertiary/aromatic N) is 1. The van der Waals surface area contributed by atoms with Crippen molar-refractivity contribution in [2.45, 2.75) is 20.2 Å². The Bertz CT molecular complexity index is 510. The third-order valence-electron chi connectivity index (χ3n) is 1.81. The molecule has 1 aromatic heterocycles. The number of rotatable bonds is 2. The predicted molar refractivity (Wildman–Crippen MR) is 67.2 cm³/mol. The summed E-state index contributed by atoms with van der Waals surface area (Å²) in [5.74, 6) is -0.230. The van der Waals surface area contributed by atoms with Gasteiger partial charge in [0.05, 0.1) is 10.2 Å². The fourth-order valence-electron chi connectivity index (χ4n) is 1.21. The number of alkyl halides is 3. The van der Waals surface area contributed by atoms with Gasteiger partial charge in [-0.1, -0.05) is 25.2 Å². The van der Waals surface area contributed by atoms with Crippen LogP contribution in [0, 0.1) is 0 Å². The average molecular weight is 278 g/mol. The summed E-state index contributed by atoms with van der Waals surface area (Å²) in [5, 5.41) is 3.48. The van der Waals surface area contributed by atoms with Crippen LogP contribution in [0.5, 0.6) is 5.75 Å². The predicted octanol–water partition coefficient (Wildman–Crippen LogP) is 4.26. The topological polar surface area (TPSA) is 34.2 Å². The van der Waals surface area contributed by atoms with E-state index in [-0.39, 0.29) is 5.75 Å². The molecule has 3 nitrogen and oxygen atoms in total. The van der Waals surface area contributed by atoms with E-state index < -0.39 is 6.36 Å². The summed E-state index contributed by atoms with van der Waals surface area (Å²) in [6.07, 6.45) is -4.66. The van der Waals surface area contributed by atoms with Gasteiger partial charge in [0.2, 0.25) is 0 Å². The smallest absolute Gasteiger partial charge is 0.406 e. The summed E-state index contributed by atoms with van der Waals surface area (Å²) in [6, 6.07) is 4.06. The van der Waals surface area contributed by atoms with Crippen molar-refractivity contribution < 1.29 is 17.9 Å². The van der Waals surface area contributed by atoms with Crippen LogP contribution in [0.1, 0.15) is 13.8 Å². The van der Waals surface area contributed by atoms with Crippen molar-refractivity contribution in [3.8, 4) is 5.75 Å². The van der Waals surface area contributed by atoms with Gasteiger partial charge in [-0.3, -0.25) is 0 Å². The van der Waals surface area contributed by atoms with Crippen LogP contribution in [0.4, 0.5) is 18.3 Å². The minimum Gasteiger partial charge on any atom is -0.406 e. The molecule has 0 spiro atoms. The molecule has 0 aliphatic rings. The Morgan fingerprint density at radius 1 is 1.28 bits per heavy atom. The van der Waals surface area contributed by atoms with Gasteiger partial charge in [-0.05, 0) is 12.1 Å². The zero-order valence-corrected chi connectivity index (χ0v) is 10.9. The highest BCUT2D eigenvalue weighted by atomic mass is 32.1. The fraction of sp³-hybridized carbons (Fsp3) is 0.364. The number of nitrogens with one attached hydrogen (secondary N) is 1. The van der Waals surface area contributed by atoms with Gasteiger partial charge in [-0.25, -0.2) is 4.98 Å². The zero-order chi connectivity index (χ0) is 13.8. The first-order valence-corrected chi connectivity index (χ1v) is 6.14. The van der Waals surface area contributed by atoms with Crippen molar-refractivity contribution in [1.29, 1.82) is 0 Å². The first-order valence-electron chi connectivity index (χ1n) is 5.32. The fourth-order valence-corrected chi connectivity index (χ4v) is 2.06. The number of anilines is 1. The van der Waals surface area contributed by atoms with Crippen LogP contribution in [0.3, 0.4) is 0 Å². The van der Waals surface area contributed by atoms with E-state index in [1.54, 1.807) is 7.05 Å². The number of hydrogen-bond acceptors (Lipinski definition) is 4. The molecule has 0 saturated carbocycles. The van der Waals surface area contributed by atoms with Gasteiger partial charge in [0.15, 0.2) is 5.13 Å². The highest BCUT2D eigenvalue weighted by molar-refractivity contribution is 7.22. The van der Waals surface area contributed by atoms with E-state index in [9.17, 15) is 13.2 Å². The van der Waals surface area contributed by atoms with Crippen molar-refractivity contribution in [3.05, 3.63) is 18.2 Å². The third-order valence-corrected chi connectivity index (χ3v) is 2.84. The maximum atomic E-state index is 12.0. The average Bonchev–Trinajstić information content (AvgIpc) is 2.71. The van der Waals surface area contributed by atoms with E-state index in [4.69, 9.17) is 0 Å². The Balaban J connectivity index is 0.000000771. The molecule has 7 heteroatoms. The van der Waals surface area contributed by atoms with E-state index in [0.717, 1.165) is 0 Å². The molecule has 1 heterocycles. The summed E-state index contributed by atoms with van der Waals surface area (Å²) in [7, 11) is 1.70. The van der Waals surface area contributed by atoms with Gasteiger partial charge >= 0.3 is 6.36 Å². The summed E-state index contributed by atoms with van der Waals surface area (Å²) >= 11 is 1.27. The molecule has 0 atom stereocenters. The molecule has 0 bridgehead atoms. The van der Waals surface area contributed by atoms with Gasteiger partial charge in [-0.2, -0.15) is 0 Å². The molecule has 1 aromatic carbocycles. The highest BCUT2D eigenvalue weighted by Crippen LogP contribution is 2.31. The van der Waals surface area contributed by atoms with Crippen molar-refractivity contribution in [2.75, 3.05) is 12.4 Å². The van der Waals surface area contributed by atoms with E-state index in [1.807, 2.05) is 13.8 Å². The van der Waals surface area contributed by atoms with Crippen molar-refractivity contribution >= 4 is 26.7 Å². The molecule has 0 fully saturated rings. The molecule has 0 radical (unpaired) electrons. The summed E-state index contributed by atoms with van der Waals surface area (Å²) in [6.45, 7) is 4.00. The van der Waals surface area contributed by atoms with Crippen LogP contribution in [0.25, 0.3) is 10.2 Å². The van der Waals surface area contributed by atoms with Gasteiger partial charge in [0.25, 0.3) is 0 Å². The van der Waals surface area contributed by atoms with Crippen LogP contribution in [0.15, 0.2) is 18.2 Å². The minimum atomic E-state index is -4.66. The zero-order valence-electron chi connectivity index (χ0n) is 10.1. The molecule has 100 valence electrons. The second-order valence-electron chi connectivity index (χ2n) is 2.95. The van der Waals surface area contributed by atoms with Crippen LogP contribution in [-0.2, 0) is 0 Å². The lowest BCUT2D eigenvalue weighted by molar-refractivity contribution is -0.274. The van der Waals surface area contributed by atoms with Gasteiger partial charge in [0.1, 0.15) is 5.75 Å². The number of halogens is 3. The maximum absolute atomic E-state index is 12.0. The molecule has 2 rings (SSSR count). The Hall–Kier alpha value is -1.50. The molecular weight excluding hydrogens is 265 g/mol. The Morgan fingerprint density at radius 2 is 1.94 bits per heavy atom. The van der Waals surface area contributed by atoms with Crippen LogP contribution in [0.2, 0.25) is 0 Å². The standard InChI is InChI=1S/C9H7F3N2OS.C2H6/c1-13-8-14-6-3-2-5(4-7(6)16-8)15-9(10,11)12;1-2/h2-4H,1H3,(H,13,14);1-2H3. The first-order chi connectivity index (χ1) is 8.48. The lowest BCUT2D eigenvalue weighted by Crippen LogP contribution is -2.16. The van der Waals surface area contributed by atoms with E-state index >= 15 is 0 Å². The number of ether oxygens (including phenoxy) is 1. The van der Waals surface area contributed by atoms with Crippen molar-refractivity contribution in [1.82, 2.24) is 4.98 Å². The quantitative estimate of drug-likeness (QED) is 0.891. The number of aromatic nitrogens is 1. The Labute approximate surface area is 107 Å². The van der Waals surface area contributed by atoms with Crippen LogP contribution < -0.4 is 10.1 Å². The van der Waals surface area contributed by atoms with Crippen LogP contribution in [-0.4, -0.2) is 18.4 Å². The van der Waals surface area contributed by atoms with Crippen molar-refractivity contribution in [2.24, 2.45) is 0 Å². The molecule has 0 amide bonds. The molecule has 0 unspecified atom stereocenters. The van der Waals surface area contributed by atoms with Crippen molar-refractivity contribution in [3.63, 3.8) is 0 Å². The molecule has 1 N–H and O–H groups in total. The van der Waals surface area contributed by atoms with Crippen LogP contribution >= 0.6 is 11.3 Å². The van der Waals surface area contributed by atoms with E-state index in [0.29, 0.717) is 15.3 Å². The summed E-state index contributed by atoms with van der Waals surface area (Å²) in [5.41, 5.74) is 0.642. The van der Waals surface area contributed by atoms with Gasteiger partial charge in [0, 0.05) is 13.1 Å². The lowest BCUT2D eigenvalue weighted by Gasteiger charge is -2.07. The summed E-state index contributed by atoms with van der Waals surface area (Å²) in [4.78, 5) is 4.14. The number of fused-ring (bicyclic) bond motifs is 1. The Kier molecular flexibility index (Phi) is 4.77. The highest BCUT2D eigenvalue weighted by Gasteiger charge is 2.31. The second kappa shape index (κ2) is 5.90. The molecule has 0 saturated heterocycles. The molecule has 2 aromatic rings. The SMILES string of the molecule is CC.CNc1nc2ccc(OC(F)(F)F)cc2s1. The minimum absolute atomic E-state index is 0.230. The molecule has 0 aliphatic heterocycles. The Morgan fingerprint density at radius 3 is 2.50 bits per heavy atom. The number of hydrogen-bond donors (Lipinski definition) is 1. The lowest BCUT2D eigenvalue weighted by atomic mass is 10.3. The molecule has 0 aliphatic carbocycles. The second-order valence-corrected chi connectivity index (χ2v) is 3.98. The van der Waals surface area contributed by atoms with Gasteiger partial charge < -0.3 is 10.1 Å². The molecular formula is C11H13F3N2OS. The monoisotopic (exact) mass is 278 g/mol. The molecule has 18 heavy (non-hydrogen) atoms. The van der Waals surface area contributed by atoms with E-state index in [2.05, 4.69) is 15.0 Å². The normalized spacial score (nSPS) is 10.8. The first kappa shape index (κ1) is 14.6. The number of benzene rings is 1. The summed E-state index contributed by atoms with van der Waals surface area (Å²) < 4.78 is 40.4. The third kappa shape index (κ3) is 3.76.